The van der Waals surface area contributed by atoms with Crippen molar-refractivity contribution in [3.8, 4) is 22.3 Å². The highest BCUT2D eigenvalue weighted by Crippen LogP contribution is 2.50. The Morgan fingerprint density at radius 1 is 0.438 bits per heavy atom. The second-order valence-electron chi connectivity index (χ2n) is 14.0. The molecule has 4 aromatic heterocycles. The molecule has 12 rings (SSSR count). The van der Waals surface area contributed by atoms with Crippen molar-refractivity contribution in [3.63, 3.8) is 0 Å². The van der Waals surface area contributed by atoms with Gasteiger partial charge in [0.15, 0.2) is 0 Å². The number of fused-ring (bicyclic) bond motifs is 15. The van der Waals surface area contributed by atoms with E-state index >= 15 is 0 Å². The third-order valence-electron chi connectivity index (χ3n) is 11.1. The molecule has 11 aromatic rings. The van der Waals surface area contributed by atoms with Gasteiger partial charge in [-0.05, 0) is 97.4 Å². The van der Waals surface area contributed by atoms with Crippen molar-refractivity contribution in [1.29, 1.82) is 0 Å². The molecule has 0 saturated heterocycles. The van der Waals surface area contributed by atoms with Crippen LogP contribution in [0.2, 0.25) is 0 Å². The summed E-state index contributed by atoms with van der Waals surface area (Å²) in [5.74, 6) is 1.77. The fourth-order valence-corrected chi connectivity index (χ4v) is 8.79. The maximum Gasteiger partial charge on any atom is 0.223 e. The summed E-state index contributed by atoms with van der Waals surface area (Å²) in [4.78, 5) is 10.6. The summed E-state index contributed by atoms with van der Waals surface area (Å²) in [5, 5.41) is 4.80. The minimum absolute atomic E-state index is 0.0736. The fraction of sp³-hybridized carbons (Fsp3) is 0.0698. The highest BCUT2D eigenvalue weighted by Gasteiger charge is 2.35. The molecule has 1 aliphatic rings. The quantitative estimate of drug-likeness (QED) is 0.185. The number of nitrogens with zero attached hydrogens (tertiary/aromatic N) is 5. The van der Waals surface area contributed by atoms with Gasteiger partial charge in [-0.2, -0.15) is 0 Å². The minimum atomic E-state index is -0.0736. The van der Waals surface area contributed by atoms with Crippen LogP contribution < -0.4 is 0 Å². The first-order chi connectivity index (χ1) is 23.5. The van der Waals surface area contributed by atoms with Crippen LogP contribution in [0.4, 0.5) is 0 Å². The summed E-state index contributed by atoms with van der Waals surface area (Å²) in [6.07, 6.45) is 0. The van der Waals surface area contributed by atoms with E-state index in [1.54, 1.807) is 0 Å². The van der Waals surface area contributed by atoms with E-state index in [0.29, 0.717) is 0 Å². The lowest BCUT2D eigenvalue weighted by Crippen LogP contribution is -2.14. The normalized spacial score (nSPS) is 14.2. The van der Waals surface area contributed by atoms with Gasteiger partial charge in [0, 0.05) is 5.41 Å². The van der Waals surface area contributed by atoms with Crippen LogP contribution >= 0.6 is 0 Å². The molecule has 0 atom stereocenters. The van der Waals surface area contributed by atoms with Crippen molar-refractivity contribution < 1.29 is 0 Å². The van der Waals surface area contributed by atoms with E-state index in [1.165, 1.54) is 54.9 Å². The van der Waals surface area contributed by atoms with E-state index < -0.39 is 0 Å². The lowest BCUT2D eigenvalue weighted by atomic mass is 9.81. The van der Waals surface area contributed by atoms with Crippen molar-refractivity contribution in [1.82, 2.24) is 23.2 Å². The van der Waals surface area contributed by atoms with Gasteiger partial charge in [0.25, 0.3) is 0 Å². The molecule has 5 heteroatoms. The van der Waals surface area contributed by atoms with E-state index in [9.17, 15) is 0 Å². The Morgan fingerprint density at radius 2 is 0.958 bits per heavy atom. The first kappa shape index (κ1) is 25.0. The SMILES string of the molecule is CC1(C)c2ccccc2-c2ccc(-c3cc4c5c(c3)n3c6cc7ccccc7cc6nc3n5c3nc5cc6ccccc6cc5n43)cc21. The Hall–Kier alpha value is -6.20. The number of imidazole rings is 4. The summed E-state index contributed by atoms with van der Waals surface area (Å²) in [6.45, 7) is 4.70. The molecular weight excluding hydrogens is 587 g/mol. The van der Waals surface area contributed by atoms with Gasteiger partial charge in [-0.1, -0.05) is 98.8 Å². The van der Waals surface area contributed by atoms with Gasteiger partial charge in [-0.25, -0.2) is 14.4 Å². The molecule has 224 valence electrons. The third kappa shape index (κ3) is 2.90. The van der Waals surface area contributed by atoms with Crippen molar-refractivity contribution in [2.75, 3.05) is 0 Å². The largest absolute Gasteiger partial charge is 0.276 e. The number of aromatic nitrogens is 5. The summed E-state index contributed by atoms with van der Waals surface area (Å²) < 4.78 is 6.96. The number of hydrogen-bond donors (Lipinski definition) is 0. The van der Waals surface area contributed by atoms with Crippen molar-refractivity contribution in [3.05, 3.63) is 139 Å². The molecule has 0 radical (unpaired) electrons. The van der Waals surface area contributed by atoms with Gasteiger partial charge >= 0.3 is 0 Å². The number of benzene rings is 7. The van der Waals surface area contributed by atoms with Crippen LogP contribution in [0.25, 0.3) is 94.0 Å². The highest BCUT2D eigenvalue weighted by molar-refractivity contribution is 6.08. The lowest BCUT2D eigenvalue weighted by molar-refractivity contribution is 0.660. The lowest BCUT2D eigenvalue weighted by Gasteiger charge is -2.22. The maximum absolute atomic E-state index is 5.30. The Labute approximate surface area is 274 Å². The van der Waals surface area contributed by atoms with E-state index in [2.05, 4.69) is 154 Å². The average Bonchev–Trinajstić information content (AvgIpc) is 3.87. The Balaban J connectivity index is 1.24. The first-order valence-electron chi connectivity index (χ1n) is 16.6. The van der Waals surface area contributed by atoms with Crippen LogP contribution in [-0.2, 0) is 5.41 Å². The van der Waals surface area contributed by atoms with Crippen molar-refractivity contribution >= 4 is 71.7 Å². The fourth-order valence-electron chi connectivity index (χ4n) is 8.79. The molecule has 0 saturated carbocycles. The van der Waals surface area contributed by atoms with Crippen LogP contribution in [0.15, 0.2) is 127 Å². The smallest absolute Gasteiger partial charge is 0.223 e. The predicted molar refractivity (Wildman–Crippen MR) is 197 cm³/mol. The molecule has 0 bridgehead atoms. The van der Waals surface area contributed by atoms with Gasteiger partial charge in [-0.3, -0.25) is 8.80 Å². The zero-order valence-electron chi connectivity index (χ0n) is 26.4. The van der Waals surface area contributed by atoms with Crippen molar-refractivity contribution in [2.24, 2.45) is 0 Å². The van der Waals surface area contributed by atoms with Crippen molar-refractivity contribution in [2.45, 2.75) is 19.3 Å². The molecule has 0 spiro atoms. The molecule has 4 heterocycles. The number of hydrogen-bond acceptors (Lipinski definition) is 2. The minimum Gasteiger partial charge on any atom is -0.276 e. The third-order valence-corrected chi connectivity index (χ3v) is 11.1. The molecule has 0 unspecified atom stereocenters. The van der Waals surface area contributed by atoms with Crippen LogP contribution in [0, 0.1) is 0 Å². The van der Waals surface area contributed by atoms with Gasteiger partial charge < -0.3 is 0 Å². The first-order valence-corrected chi connectivity index (χ1v) is 16.6. The van der Waals surface area contributed by atoms with Gasteiger partial charge in [0.05, 0.1) is 33.1 Å². The zero-order valence-corrected chi connectivity index (χ0v) is 26.4. The average molecular weight is 614 g/mol. The molecule has 0 fully saturated rings. The van der Waals surface area contributed by atoms with Crippen LogP contribution in [0.3, 0.4) is 0 Å². The molecular formula is C43H27N5. The second kappa shape index (κ2) is 8.20. The summed E-state index contributed by atoms with van der Waals surface area (Å²) in [6, 6.07) is 46.7. The van der Waals surface area contributed by atoms with E-state index in [0.717, 1.165) is 50.2 Å². The maximum atomic E-state index is 5.30. The molecule has 7 aromatic carbocycles. The van der Waals surface area contributed by atoms with Crippen LogP contribution in [-0.4, -0.2) is 23.2 Å². The van der Waals surface area contributed by atoms with Gasteiger partial charge in [-0.15, -0.1) is 0 Å². The highest BCUT2D eigenvalue weighted by atomic mass is 15.3. The summed E-state index contributed by atoms with van der Waals surface area (Å²) in [7, 11) is 0. The molecule has 1 aliphatic carbocycles. The molecule has 0 N–H and O–H groups in total. The standard InChI is InChI=1S/C43H27N5/c1-43(2)32-14-8-7-13-30(32)31-16-15-28(17-33(31)43)29-22-38-40-39(23-29)47-37-21-27-12-6-4-10-25(27)19-35(37)45-42(47)48(40)41-44-34-18-24-9-3-5-11-26(24)20-36(34)46(38)41/h3-23H,1-2H3. The Kier molecular flexibility index (Phi) is 4.26. The van der Waals surface area contributed by atoms with E-state index in [-0.39, 0.29) is 5.41 Å². The Bertz CT molecular complexity index is 3050. The van der Waals surface area contributed by atoms with Crippen LogP contribution in [0.5, 0.6) is 0 Å². The summed E-state index contributed by atoms with van der Waals surface area (Å²) in [5.41, 5.74) is 15.4. The Morgan fingerprint density at radius 3 is 1.56 bits per heavy atom. The zero-order chi connectivity index (χ0) is 31.5. The summed E-state index contributed by atoms with van der Waals surface area (Å²) >= 11 is 0. The van der Waals surface area contributed by atoms with Crippen LogP contribution in [0.1, 0.15) is 25.0 Å². The van der Waals surface area contributed by atoms with E-state index in [4.69, 9.17) is 9.97 Å². The topological polar surface area (TPSA) is 39.0 Å². The second-order valence-corrected chi connectivity index (χ2v) is 14.0. The molecule has 48 heavy (non-hydrogen) atoms. The van der Waals surface area contributed by atoms with E-state index in [1.807, 2.05) is 0 Å². The molecule has 5 nitrogen and oxygen atoms in total. The van der Waals surface area contributed by atoms with Gasteiger partial charge in [0.1, 0.15) is 5.52 Å². The predicted octanol–water partition coefficient (Wildman–Crippen LogP) is 10.4. The monoisotopic (exact) mass is 613 g/mol. The molecule has 0 amide bonds. The number of rotatable bonds is 1. The van der Waals surface area contributed by atoms with Gasteiger partial charge in [0.2, 0.25) is 11.6 Å². The molecule has 0 aliphatic heterocycles.